The van der Waals surface area contributed by atoms with Gasteiger partial charge in [-0.25, -0.2) is 4.21 Å². The number of benzene rings is 1. The van der Waals surface area contributed by atoms with Gasteiger partial charge in [-0.1, -0.05) is 19.1 Å². The van der Waals surface area contributed by atoms with Gasteiger partial charge in [-0.05, 0) is 39.3 Å². The van der Waals surface area contributed by atoms with Crippen molar-refractivity contribution in [3.8, 4) is 0 Å². The van der Waals surface area contributed by atoms with Crippen molar-refractivity contribution in [1.29, 1.82) is 0 Å². The summed E-state index contributed by atoms with van der Waals surface area (Å²) >= 11 is 5.15. The Morgan fingerprint density at radius 3 is 2.09 bits per heavy atom. The standard InChI is InChI=1S/C15H26O5S2Si/c1-5-12-17-22(16,21)14-10-9-11-15(13-14)23(18-6-2,19-7-3)20-8-4/h9-11,13H,5-8,12H2,1-4H3. The van der Waals surface area contributed by atoms with Crippen molar-refractivity contribution < 1.29 is 21.7 Å². The van der Waals surface area contributed by atoms with Gasteiger partial charge in [-0.2, -0.15) is 0 Å². The highest BCUT2D eigenvalue weighted by molar-refractivity contribution is 8.30. The monoisotopic (exact) mass is 378 g/mol. The van der Waals surface area contributed by atoms with Crippen molar-refractivity contribution in [1.82, 2.24) is 0 Å². The predicted molar refractivity (Wildman–Crippen MR) is 96.7 cm³/mol. The maximum absolute atomic E-state index is 12.6. The van der Waals surface area contributed by atoms with Crippen molar-refractivity contribution in [3.63, 3.8) is 0 Å². The number of hydrogen-bond donors (Lipinski definition) is 0. The summed E-state index contributed by atoms with van der Waals surface area (Å²) in [5.74, 6) is 0. The van der Waals surface area contributed by atoms with Crippen LogP contribution in [0.2, 0.25) is 0 Å². The zero-order valence-electron chi connectivity index (χ0n) is 14.2. The van der Waals surface area contributed by atoms with E-state index in [2.05, 4.69) is 0 Å². The third kappa shape index (κ3) is 5.59. The van der Waals surface area contributed by atoms with Gasteiger partial charge in [-0.15, -0.1) is 0 Å². The van der Waals surface area contributed by atoms with Gasteiger partial charge in [0.15, 0.2) is 8.77 Å². The largest absolute Gasteiger partial charge is 0.537 e. The summed E-state index contributed by atoms with van der Waals surface area (Å²) in [6, 6.07) is 7.09. The van der Waals surface area contributed by atoms with Gasteiger partial charge in [0.25, 0.3) is 0 Å². The number of hydrogen-bond acceptors (Lipinski definition) is 6. The van der Waals surface area contributed by atoms with Crippen LogP contribution in [0.4, 0.5) is 0 Å². The molecule has 0 aromatic heterocycles. The third-order valence-electron chi connectivity index (χ3n) is 2.92. The van der Waals surface area contributed by atoms with Crippen LogP contribution in [0.1, 0.15) is 34.1 Å². The van der Waals surface area contributed by atoms with E-state index in [4.69, 9.17) is 28.6 Å². The first-order valence-corrected chi connectivity index (χ1v) is 12.0. The average molecular weight is 379 g/mol. The fourth-order valence-electron chi connectivity index (χ4n) is 2.05. The van der Waals surface area contributed by atoms with E-state index >= 15 is 0 Å². The molecule has 132 valence electrons. The fourth-order valence-corrected chi connectivity index (χ4v) is 6.23. The van der Waals surface area contributed by atoms with Crippen molar-refractivity contribution in [3.05, 3.63) is 24.3 Å². The van der Waals surface area contributed by atoms with Crippen LogP contribution in [-0.2, 0) is 37.4 Å². The van der Waals surface area contributed by atoms with Gasteiger partial charge in [-0.3, -0.25) is 4.18 Å². The first-order chi connectivity index (χ1) is 11.0. The molecule has 0 N–H and O–H groups in total. The summed E-state index contributed by atoms with van der Waals surface area (Å²) in [4.78, 5) is 0.453. The van der Waals surface area contributed by atoms with Gasteiger partial charge < -0.3 is 13.3 Å². The lowest BCUT2D eigenvalue weighted by Gasteiger charge is -2.28. The third-order valence-corrected chi connectivity index (χ3v) is 8.12. The van der Waals surface area contributed by atoms with Gasteiger partial charge >= 0.3 is 8.80 Å². The molecule has 1 aromatic rings. The van der Waals surface area contributed by atoms with Gasteiger partial charge in [0.05, 0.1) is 11.5 Å². The van der Waals surface area contributed by atoms with Crippen LogP contribution in [0.15, 0.2) is 29.2 Å². The Hall–Kier alpha value is -0.353. The summed E-state index contributed by atoms with van der Waals surface area (Å²) < 4.78 is 35.5. The lowest BCUT2D eigenvalue weighted by atomic mass is 10.4. The van der Waals surface area contributed by atoms with Crippen LogP contribution in [0, 0.1) is 0 Å². The highest BCUT2D eigenvalue weighted by Gasteiger charge is 2.43. The molecule has 0 bridgehead atoms. The lowest BCUT2D eigenvalue weighted by molar-refractivity contribution is 0.0858. The van der Waals surface area contributed by atoms with E-state index < -0.39 is 17.6 Å². The Bertz CT molecular complexity index is 560. The minimum absolute atomic E-state index is 0.359. The van der Waals surface area contributed by atoms with Crippen molar-refractivity contribution in [2.75, 3.05) is 26.4 Å². The molecule has 0 aliphatic heterocycles. The van der Waals surface area contributed by atoms with E-state index in [1.54, 1.807) is 18.2 Å². The summed E-state index contributed by atoms with van der Waals surface area (Å²) in [5.41, 5.74) is 0. The van der Waals surface area contributed by atoms with Crippen LogP contribution in [0.25, 0.3) is 0 Å². The lowest BCUT2D eigenvalue weighted by Crippen LogP contribution is -2.57. The van der Waals surface area contributed by atoms with E-state index in [0.29, 0.717) is 31.3 Å². The maximum Gasteiger partial charge on any atom is 0.537 e. The quantitative estimate of drug-likeness (QED) is 0.551. The minimum atomic E-state index is -3.04. The normalized spacial score (nSPS) is 14.6. The molecule has 1 rings (SSSR count). The maximum atomic E-state index is 12.6. The van der Waals surface area contributed by atoms with E-state index in [-0.39, 0.29) is 0 Å². The predicted octanol–water partition coefficient (Wildman–Crippen LogP) is 2.39. The molecule has 1 unspecified atom stereocenters. The zero-order valence-corrected chi connectivity index (χ0v) is 16.8. The molecule has 0 saturated carbocycles. The molecule has 0 heterocycles. The summed E-state index contributed by atoms with van der Waals surface area (Å²) in [6.07, 6.45) is 0.753. The molecule has 5 nitrogen and oxygen atoms in total. The average Bonchev–Trinajstić information content (AvgIpc) is 2.54. The molecular formula is C15H26O5S2Si. The zero-order chi connectivity index (χ0) is 17.3. The first kappa shape index (κ1) is 20.7. The second kappa shape index (κ2) is 9.82. The van der Waals surface area contributed by atoms with Gasteiger partial charge in [0.2, 0.25) is 0 Å². The van der Waals surface area contributed by atoms with Gasteiger partial charge in [0.1, 0.15) is 0 Å². The van der Waals surface area contributed by atoms with Crippen molar-refractivity contribution in [2.45, 2.75) is 39.0 Å². The summed E-state index contributed by atoms with van der Waals surface area (Å²) in [6.45, 7) is 9.37. The van der Waals surface area contributed by atoms with Crippen LogP contribution < -0.4 is 5.19 Å². The second-order valence-electron chi connectivity index (χ2n) is 4.66. The van der Waals surface area contributed by atoms with Crippen LogP contribution in [0.5, 0.6) is 0 Å². The molecule has 1 aromatic carbocycles. The Kier molecular flexibility index (Phi) is 8.84. The van der Waals surface area contributed by atoms with E-state index in [1.165, 1.54) is 0 Å². The molecular weight excluding hydrogens is 352 g/mol. The van der Waals surface area contributed by atoms with Crippen LogP contribution >= 0.6 is 0 Å². The second-order valence-corrected chi connectivity index (χ2v) is 10.1. The van der Waals surface area contributed by atoms with E-state index in [1.807, 2.05) is 33.8 Å². The van der Waals surface area contributed by atoms with Crippen molar-refractivity contribution >= 4 is 34.0 Å². The van der Waals surface area contributed by atoms with Crippen LogP contribution in [0.3, 0.4) is 0 Å². The SMILES string of the molecule is CCCOS(=O)(=S)c1cccc([Si](OCC)(OCC)OCC)c1. The van der Waals surface area contributed by atoms with Crippen molar-refractivity contribution in [2.24, 2.45) is 0 Å². The highest BCUT2D eigenvalue weighted by Crippen LogP contribution is 2.16. The molecule has 0 aliphatic carbocycles. The Morgan fingerprint density at radius 1 is 1.04 bits per heavy atom. The molecule has 23 heavy (non-hydrogen) atoms. The Morgan fingerprint density at radius 2 is 1.61 bits per heavy atom. The smallest absolute Gasteiger partial charge is 0.370 e. The molecule has 0 amide bonds. The molecule has 0 aliphatic rings. The number of rotatable bonds is 11. The highest BCUT2D eigenvalue weighted by atomic mass is 32.8. The van der Waals surface area contributed by atoms with E-state index in [0.717, 1.165) is 11.6 Å². The molecule has 8 heteroatoms. The molecule has 1 atom stereocenters. The van der Waals surface area contributed by atoms with E-state index in [9.17, 15) is 4.21 Å². The minimum Gasteiger partial charge on any atom is -0.370 e. The molecule has 0 fully saturated rings. The molecule has 0 saturated heterocycles. The topological polar surface area (TPSA) is 54.0 Å². The molecule has 0 spiro atoms. The Labute approximate surface area is 145 Å². The summed E-state index contributed by atoms with van der Waals surface area (Å²) in [7, 11) is -6.00. The molecule has 0 radical (unpaired) electrons. The Balaban J connectivity index is 3.26. The first-order valence-electron chi connectivity index (χ1n) is 7.87. The fraction of sp³-hybridized carbons (Fsp3) is 0.600. The van der Waals surface area contributed by atoms with Crippen LogP contribution in [-0.4, -0.2) is 39.4 Å². The summed E-state index contributed by atoms with van der Waals surface area (Å²) in [5, 5.41) is 0.748. The van der Waals surface area contributed by atoms with Gasteiger partial charge in [0, 0.05) is 36.2 Å².